The van der Waals surface area contributed by atoms with Crippen LogP contribution in [0.3, 0.4) is 0 Å². The highest BCUT2D eigenvalue weighted by atomic mass is 19.1. The van der Waals surface area contributed by atoms with Crippen molar-refractivity contribution < 1.29 is 23.5 Å². The van der Waals surface area contributed by atoms with Crippen LogP contribution in [0.2, 0.25) is 0 Å². The molecule has 2 aromatic rings. The molecule has 1 aliphatic heterocycles. The lowest BCUT2D eigenvalue weighted by molar-refractivity contribution is -0.131. The predicted molar refractivity (Wildman–Crippen MR) is 102 cm³/mol. The number of ether oxygens (including phenoxy) is 2. The predicted octanol–water partition coefficient (Wildman–Crippen LogP) is 2.94. The second-order valence-corrected chi connectivity index (χ2v) is 6.52. The Morgan fingerprint density at radius 1 is 1.18 bits per heavy atom. The average molecular weight is 386 g/mol. The van der Waals surface area contributed by atoms with E-state index < -0.39 is 11.7 Å². The number of benzene rings is 2. The third kappa shape index (κ3) is 4.08. The Morgan fingerprint density at radius 2 is 1.96 bits per heavy atom. The molecular formula is C21H23FN2O4. The van der Waals surface area contributed by atoms with E-state index >= 15 is 0 Å². The van der Waals surface area contributed by atoms with E-state index in [1.54, 1.807) is 31.3 Å². The van der Waals surface area contributed by atoms with Gasteiger partial charge >= 0.3 is 0 Å². The van der Waals surface area contributed by atoms with Crippen molar-refractivity contribution in [2.75, 3.05) is 27.3 Å². The Kier molecular flexibility index (Phi) is 6.13. The monoisotopic (exact) mass is 386 g/mol. The van der Waals surface area contributed by atoms with Crippen molar-refractivity contribution in [1.82, 2.24) is 10.2 Å². The molecule has 2 amide bonds. The molecule has 2 aromatic carbocycles. The largest absolute Gasteiger partial charge is 0.497 e. The molecule has 0 bridgehead atoms. The van der Waals surface area contributed by atoms with Gasteiger partial charge in [0.25, 0.3) is 5.91 Å². The molecule has 148 valence electrons. The summed E-state index contributed by atoms with van der Waals surface area (Å²) in [6.07, 6.45) is 1.66. The maximum absolute atomic E-state index is 13.7. The average Bonchev–Trinajstić information content (AvgIpc) is 3.21. The maximum Gasteiger partial charge on any atom is 0.254 e. The van der Waals surface area contributed by atoms with E-state index in [-0.39, 0.29) is 24.1 Å². The van der Waals surface area contributed by atoms with Crippen LogP contribution in [0.1, 0.15) is 34.8 Å². The maximum atomic E-state index is 13.7. The minimum absolute atomic E-state index is 0.0786. The van der Waals surface area contributed by atoms with Gasteiger partial charge in [-0.2, -0.15) is 0 Å². The Balaban J connectivity index is 1.70. The summed E-state index contributed by atoms with van der Waals surface area (Å²) >= 11 is 0. The number of halogens is 1. The van der Waals surface area contributed by atoms with E-state index in [2.05, 4.69) is 5.32 Å². The molecule has 7 heteroatoms. The fourth-order valence-corrected chi connectivity index (χ4v) is 3.48. The van der Waals surface area contributed by atoms with Crippen LogP contribution in [-0.2, 0) is 4.79 Å². The van der Waals surface area contributed by atoms with Gasteiger partial charge in [-0.15, -0.1) is 0 Å². The number of nitrogens with zero attached hydrogens (tertiary/aromatic N) is 1. The van der Waals surface area contributed by atoms with Gasteiger partial charge in [-0.05, 0) is 37.1 Å². The van der Waals surface area contributed by atoms with Crippen molar-refractivity contribution in [1.29, 1.82) is 0 Å². The van der Waals surface area contributed by atoms with E-state index in [1.807, 2.05) is 12.1 Å². The highest BCUT2D eigenvalue weighted by molar-refractivity contribution is 5.96. The minimum atomic E-state index is -0.616. The van der Waals surface area contributed by atoms with Crippen molar-refractivity contribution in [3.63, 3.8) is 0 Å². The number of hydrogen-bond donors (Lipinski definition) is 1. The van der Waals surface area contributed by atoms with Gasteiger partial charge in [0.2, 0.25) is 5.91 Å². The highest BCUT2D eigenvalue weighted by Gasteiger charge is 2.32. The molecule has 0 aromatic heterocycles. The summed E-state index contributed by atoms with van der Waals surface area (Å²) in [4.78, 5) is 26.6. The van der Waals surface area contributed by atoms with Gasteiger partial charge in [-0.25, -0.2) is 4.39 Å². The van der Waals surface area contributed by atoms with Crippen molar-refractivity contribution in [3.05, 3.63) is 59.4 Å². The first-order chi connectivity index (χ1) is 13.5. The Morgan fingerprint density at radius 3 is 2.68 bits per heavy atom. The van der Waals surface area contributed by atoms with Crippen LogP contribution in [0.25, 0.3) is 0 Å². The molecule has 3 rings (SSSR count). The van der Waals surface area contributed by atoms with Crippen molar-refractivity contribution >= 4 is 11.8 Å². The molecule has 6 nitrogen and oxygen atoms in total. The van der Waals surface area contributed by atoms with Crippen LogP contribution in [-0.4, -0.2) is 44.0 Å². The number of nitrogens with one attached hydrogen (secondary N) is 1. The lowest BCUT2D eigenvalue weighted by Crippen LogP contribution is -2.40. The van der Waals surface area contributed by atoms with E-state index in [4.69, 9.17) is 9.47 Å². The standard InChI is InChI=1S/C21H23FN2O4/c1-27-14-9-10-16(19(12-14)28-2)18-8-5-11-24(18)20(25)13-23-21(26)15-6-3-4-7-17(15)22/h3-4,6-7,9-10,12,18H,5,8,11,13H2,1-2H3,(H,23,26). The zero-order valence-corrected chi connectivity index (χ0v) is 15.9. The number of hydrogen-bond acceptors (Lipinski definition) is 4. The fraction of sp³-hybridized carbons (Fsp3) is 0.333. The van der Waals surface area contributed by atoms with Crippen LogP contribution in [0.4, 0.5) is 4.39 Å². The lowest BCUT2D eigenvalue weighted by Gasteiger charge is -2.26. The molecule has 1 N–H and O–H groups in total. The molecule has 0 saturated carbocycles. The first-order valence-electron chi connectivity index (χ1n) is 9.09. The number of likely N-dealkylation sites (tertiary alicyclic amines) is 1. The molecule has 1 aliphatic rings. The van der Waals surface area contributed by atoms with E-state index in [0.29, 0.717) is 18.0 Å². The third-order valence-electron chi connectivity index (χ3n) is 4.89. The number of methoxy groups -OCH3 is 2. The molecule has 1 atom stereocenters. The zero-order chi connectivity index (χ0) is 20.1. The second-order valence-electron chi connectivity index (χ2n) is 6.52. The van der Waals surface area contributed by atoms with E-state index in [9.17, 15) is 14.0 Å². The minimum Gasteiger partial charge on any atom is -0.497 e. The van der Waals surface area contributed by atoms with Gasteiger partial charge in [0.1, 0.15) is 17.3 Å². The van der Waals surface area contributed by atoms with Gasteiger partial charge in [-0.3, -0.25) is 9.59 Å². The first kappa shape index (κ1) is 19.7. The third-order valence-corrected chi connectivity index (χ3v) is 4.89. The molecule has 1 heterocycles. The summed E-state index contributed by atoms with van der Waals surface area (Å²) in [5.74, 6) is -0.114. The van der Waals surface area contributed by atoms with Gasteiger partial charge in [0, 0.05) is 18.2 Å². The smallest absolute Gasteiger partial charge is 0.254 e. The van der Waals surface area contributed by atoms with Crippen LogP contribution >= 0.6 is 0 Å². The number of amides is 2. The summed E-state index contributed by atoms with van der Waals surface area (Å²) in [5.41, 5.74) is 0.819. The highest BCUT2D eigenvalue weighted by Crippen LogP contribution is 2.38. The Bertz CT molecular complexity index is 871. The van der Waals surface area contributed by atoms with E-state index in [0.717, 1.165) is 18.4 Å². The van der Waals surface area contributed by atoms with Crippen molar-refractivity contribution in [3.8, 4) is 11.5 Å². The topological polar surface area (TPSA) is 67.9 Å². The zero-order valence-electron chi connectivity index (χ0n) is 15.9. The summed E-state index contributed by atoms with van der Waals surface area (Å²) in [6, 6.07) is 11.1. The van der Waals surface area contributed by atoms with Crippen LogP contribution < -0.4 is 14.8 Å². The van der Waals surface area contributed by atoms with E-state index in [1.165, 1.54) is 18.2 Å². The summed E-state index contributed by atoms with van der Waals surface area (Å²) in [7, 11) is 3.16. The molecule has 1 unspecified atom stereocenters. The number of rotatable bonds is 6. The normalized spacial score (nSPS) is 16.0. The number of carbonyl (C=O) groups excluding carboxylic acids is 2. The quantitative estimate of drug-likeness (QED) is 0.829. The van der Waals surface area contributed by atoms with Gasteiger partial charge < -0.3 is 19.7 Å². The molecule has 1 saturated heterocycles. The summed E-state index contributed by atoms with van der Waals surface area (Å²) < 4.78 is 24.4. The van der Waals surface area contributed by atoms with Gasteiger partial charge in [0.15, 0.2) is 0 Å². The second kappa shape index (κ2) is 8.73. The Labute approximate surface area is 163 Å². The molecule has 0 radical (unpaired) electrons. The van der Waals surface area contributed by atoms with Crippen molar-refractivity contribution in [2.24, 2.45) is 0 Å². The van der Waals surface area contributed by atoms with Gasteiger partial charge in [0.05, 0.1) is 32.4 Å². The number of carbonyl (C=O) groups is 2. The lowest BCUT2D eigenvalue weighted by atomic mass is 10.0. The van der Waals surface area contributed by atoms with Crippen molar-refractivity contribution in [2.45, 2.75) is 18.9 Å². The fourth-order valence-electron chi connectivity index (χ4n) is 3.48. The molecular weight excluding hydrogens is 363 g/mol. The van der Waals surface area contributed by atoms with Crippen LogP contribution in [0.5, 0.6) is 11.5 Å². The SMILES string of the molecule is COc1ccc(C2CCCN2C(=O)CNC(=O)c2ccccc2F)c(OC)c1. The molecule has 0 aliphatic carbocycles. The molecule has 28 heavy (non-hydrogen) atoms. The molecule has 0 spiro atoms. The summed E-state index contributed by atoms with van der Waals surface area (Å²) in [6.45, 7) is 0.399. The van der Waals surface area contributed by atoms with Crippen LogP contribution in [0, 0.1) is 5.82 Å². The molecule has 1 fully saturated rings. The van der Waals surface area contributed by atoms with Gasteiger partial charge in [-0.1, -0.05) is 12.1 Å². The first-order valence-corrected chi connectivity index (χ1v) is 9.09. The summed E-state index contributed by atoms with van der Waals surface area (Å²) in [5, 5.41) is 2.51. The van der Waals surface area contributed by atoms with Crippen LogP contribution in [0.15, 0.2) is 42.5 Å². The Hall–Kier alpha value is -3.09.